The Hall–Kier alpha value is -3.65. The zero-order valence-electron chi connectivity index (χ0n) is 18.6. The van der Waals surface area contributed by atoms with Crippen molar-refractivity contribution in [1.29, 1.82) is 0 Å². The molecule has 1 fully saturated rings. The number of carbonyl (C=O) groups excluding carboxylic acids is 1. The molecule has 1 saturated heterocycles. The maximum atomic E-state index is 13.8. The van der Waals surface area contributed by atoms with E-state index in [9.17, 15) is 13.6 Å². The highest BCUT2D eigenvalue weighted by molar-refractivity contribution is 5.95. The van der Waals surface area contributed by atoms with Crippen molar-refractivity contribution in [3.8, 4) is 16.9 Å². The van der Waals surface area contributed by atoms with Crippen LogP contribution in [0.1, 0.15) is 32.7 Å². The molecule has 2 aliphatic heterocycles. The summed E-state index contributed by atoms with van der Waals surface area (Å²) in [6.45, 7) is 1.04. The second-order valence-corrected chi connectivity index (χ2v) is 8.39. The van der Waals surface area contributed by atoms with E-state index in [0.717, 1.165) is 11.1 Å². The van der Waals surface area contributed by atoms with Crippen molar-refractivity contribution >= 4 is 12.1 Å². The van der Waals surface area contributed by atoms with Crippen LogP contribution < -0.4 is 4.74 Å². The third-order valence-electron chi connectivity index (χ3n) is 6.02. The number of ether oxygens (including phenoxy) is 2. The number of hydrogen-bond donors (Lipinski definition) is 0. The molecule has 0 unspecified atom stereocenters. The molecule has 0 saturated carbocycles. The molecule has 2 aromatic carbocycles. The van der Waals surface area contributed by atoms with Gasteiger partial charge in [0, 0.05) is 42.7 Å². The number of carbonyl (C=O) groups is 1. The van der Waals surface area contributed by atoms with Gasteiger partial charge in [-0.25, -0.2) is 8.78 Å². The zero-order chi connectivity index (χ0) is 23.7. The first-order valence-corrected chi connectivity index (χ1v) is 11.0. The minimum absolute atomic E-state index is 0.113. The van der Waals surface area contributed by atoms with Gasteiger partial charge in [0.15, 0.2) is 0 Å². The number of alkyl halides is 1. The Balaban J connectivity index is 1.41. The van der Waals surface area contributed by atoms with Gasteiger partial charge in [-0.3, -0.25) is 14.8 Å². The molecule has 0 N–H and O–H groups in total. The predicted molar refractivity (Wildman–Crippen MR) is 123 cm³/mol. The summed E-state index contributed by atoms with van der Waals surface area (Å²) in [5.74, 6) is -0.0524. The van der Waals surface area contributed by atoms with Crippen LogP contribution in [0.25, 0.3) is 11.1 Å². The SMILES string of the molecule is CN(Cc1cnc(CF)c2c1CN=C2)C(=O)c1ccc(-c2cccc(F)c2)c(OC2COC2)c1. The predicted octanol–water partition coefficient (Wildman–Crippen LogP) is 4.34. The van der Waals surface area contributed by atoms with E-state index in [4.69, 9.17) is 9.47 Å². The Morgan fingerprint density at radius 3 is 2.82 bits per heavy atom. The van der Waals surface area contributed by atoms with Crippen LogP contribution >= 0.6 is 0 Å². The summed E-state index contributed by atoms with van der Waals surface area (Å²) in [7, 11) is 1.70. The molecule has 1 aromatic heterocycles. The molecular formula is C26H23F2N3O3. The van der Waals surface area contributed by atoms with Crippen LogP contribution in [0.2, 0.25) is 0 Å². The van der Waals surface area contributed by atoms with Gasteiger partial charge in [-0.05, 0) is 47.0 Å². The molecule has 3 heterocycles. The van der Waals surface area contributed by atoms with Crippen LogP contribution in [0.4, 0.5) is 8.78 Å². The molecule has 0 bridgehead atoms. The average Bonchev–Trinajstić information content (AvgIpc) is 3.31. The number of fused-ring (bicyclic) bond motifs is 1. The Bertz CT molecular complexity index is 1270. The molecule has 1 amide bonds. The molecule has 0 radical (unpaired) electrons. The van der Waals surface area contributed by atoms with Crippen molar-refractivity contribution in [3.05, 3.63) is 82.4 Å². The zero-order valence-corrected chi connectivity index (χ0v) is 18.6. The third-order valence-corrected chi connectivity index (χ3v) is 6.02. The number of amides is 1. The number of rotatable bonds is 7. The van der Waals surface area contributed by atoms with Crippen LogP contribution in [0.5, 0.6) is 5.75 Å². The first-order valence-electron chi connectivity index (χ1n) is 11.0. The molecule has 0 aliphatic carbocycles. The fourth-order valence-electron chi connectivity index (χ4n) is 4.12. The van der Waals surface area contributed by atoms with E-state index >= 15 is 0 Å². The van der Waals surface area contributed by atoms with Crippen molar-refractivity contribution in [2.75, 3.05) is 20.3 Å². The lowest BCUT2D eigenvalue weighted by atomic mass is 10.0. The minimum atomic E-state index is -0.657. The second kappa shape index (κ2) is 9.30. The summed E-state index contributed by atoms with van der Waals surface area (Å²) in [5, 5.41) is 0. The quantitative estimate of drug-likeness (QED) is 0.523. The Labute approximate surface area is 195 Å². The number of benzene rings is 2. The van der Waals surface area contributed by atoms with Crippen LogP contribution in [0.3, 0.4) is 0 Å². The summed E-state index contributed by atoms with van der Waals surface area (Å²) in [6, 6.07) is 11.4. The van der Waals surface area contributed by atoms with Crippen molar-refractivity contribution in [3.63, 3.8) is 0 Å². The summed E-state index contributed by atoms with van der Waals surface area (Å²) in [6.07, 6.45) is 3.14. The Morgan fingerprint density at radius 2 is 2.09 bits per heavy atom. The molecule has 3 aromatic rings. The maximum absolute atomic E-state index is 13.8. The van der Waals surface area contributed by atoms with E-state index in [2.05, 4.69) is 9.98 Å². The van der Waals surface area contributed by atoms with Crippen LogP contribution in [-0.2, 0) is 24.5 Å². The summed E-state index contributed by atoms with van der Waals surface area (Å²) < 4.78 is 38.3. The normalized spacial score (nSPS) is 14.6. The Morgan fingerprint density at radius 1 is 1.24 bits per heavy atom. The molecule has 2 aliphatic rings. The molecule has 0 spiro atoms. The fourth-order valence-corrected chi connectivity index (χ4v) is 4.12. The van der Waals surface area contributed by atoms with E-state index in [1.54, 1.807) is 54.7 Å². The van der Waals surface area contributed by atoms with Crippen LogP contribution in [0, 0.1) is 5.82 Å². The number of halogens is 2. The number of hydrogen-bond acceptors (Lipinski definition) is 5. The van der Waals surface area contributed by atoms with Gasteiger partial charge in [-0.15, -0.1) is 0 Å². The highest BCUT2D eigenvalue weighted by Crippen LogP contribution is 2.33. The molecule has 5 rings (SSSR count). The lowest BCUT2D eigenvalue weighted by Crippen LogP contribution is -2.38. The fraction of sp³-hybridized carbons (Fsp3) is 0.269. The van der Waals surface area contributed by atoms with Gasteiger partial charge in [-0.2, -0.15) is 0 Å². The summed E-state index contributed by atoms with van der Waals surface area (Å²) >= 11 is 0. The van der Waals surface area contributed by atoms with Crippen LogP contribution in [0.15, 0.2) is 53.7 Å². The third kappa shape index (κ3) is 4.28. The molecule has 6 nitrogen and oxygen atoms in total. The lowest BCUT2D eigenvalue weighted by molar-refractivity contribution is -0.0794. The van der Waals surface area contributed by atoms with Crippen molar-refractivity contribution in [2.24, 2.45) is 4.99 Å². The minimum Gasteiger partial charge on any atom is -0.485 e. The topological polar surface area (TPSA) is 64.0 Å². The monoisotopic (exact) mass is 463 g/mol. The molecule has 0 atom stereocenters. The largest absolute Gasteiger partial charge is 0.485 e. The van der Waals surface area contributed by atoms with Crippen LogP contribution in [-0.4, -0.2) is 48.4 Å². The van der Waals surface area contributed by atoms with Gasteiger partial charge in [-0.1, -0.05) is 12.1 Å². The molecule has 34 heavy (non-hydrogen) atoms. The smallest absolute Gasteiger partial charge is 0.254 e. The number of nitrogens with zero attached hydrogens (tertiary/aromatic N) is 3. The van der Waals surface area contributed by atoms with Gasteiger partial charge in [0.2, 0.25) is 0 Å². The molecular weight excluding hydrogens is 440 g/mol. The van der Waals surface area contributed by atoms with E-state index in [1.807, 2.05) is 0 Å². The summed E-state index contributed by atoms with van der Waals surface area (Å²) in [5.41, 5.74) is 4.61. The van der Waals surface area contributed by atoms with Gasteiger partial charge in [0.25, 0.3) is 5.91 Å². The summed E-state index contributed by atoms with van der Waals surface area (Å²) in [4.78, 5) is 23.3. The number of pyridine rings is 1. The number of aromatic nitrogens is 1. The van der Waals surface area contributed by atoms with E-state index in [1.165, 1.54) is 12.1 Å². The van der Waals surface area contributed by atoms with Crippen molar-refractivity contribution < 1.29 is 23.0 Å². The van der Waals surface area contributed by atoms with Crippen molar-refractivity contribution in [1.82, 2.24) is 9.88 Å². The highest BCUT2D eigenvalue weighted by atomic mass is 19.1. The van der Waals surface area contributed by atoms with Gasteiger partial charge < -0.3 is 14.4 Å². The molecule has 8 heteroatoms. The van der Waals surface area contributed by atoms with E-state index < -0.39 is 6.67 Å². The first-order chi connectivity index (χ1) is 16.5. The highest BCUT2D eigenvalue weighted by Gasteiger charge is 2.24. The van der Waals surface area contributed by atoms with Crippen molar-refractivity contribution in [2.45, 2.75) is 25.9 Å². The van der Waals surface area contributed by atoms with Gasteiger partial charge in [0.1, 0.15) is 24.3 Å². The standard InChI is InChI=1S/C26H23F2N3O3/c1-31(13-18-10-30-24(9-27)23-12-29-11-22(18)23)26(32)17-5-6-21(16-3-2-4-19(28)7-16)25(8-17)34-20-14-33-15-20/h2-8,10,12,20H,9,11,13-15H2,1H3. The van der Waals surface area contributed by atoms with E-state index in [-0.39, 0.29) is 17.8 Å². The first kappa shape index (κ1) is 22.2. The second-order valence-electron chi connectivity index (χ2n) is 8.39. The van der Waals surface area contributed by atoms with Gasteiger partial charge in [0.05, 0.1) is 25.5 Å². The van der Waals surface area contributed by atoms with E-state index in [0.29, 0.717) is 60.0 Å². The maximum Gasteiger partial charge on any atom is 0.254 e. The average molecular weight is 463 g/mol. The molecule has 174 valence electrons. The Kier molecular flexibility index (Phi) is 6.06. The number of aliphatic imine (C=N–C) groups is 1. The lowest BCUT2D eigenvalue weighted by Gasteiger charge is -2.28. The van der Waals surface area contributed by atoms with Gasteiger partial charge >= 0.3 is 0 Å².